The Hall–Kier alpha value is -0.0300. The van der Waals surface area contributed by atoms with Gasteiger partial charge in [-0.05, 0) is 26.2 Å². The Balaban J connectivity index is 1.75. The van der Waals surface area contributed by atoms with Crippen molar-refractivity contribution in [3.8, 4) is 0 Å². The van der Waals surface area contributed by atoms with Gasteiger partial charge in [-0.1, -0.05) is 6.92 Å². The van der Waals surface area contributed by atoms with Crippen LogP contribution < -0.4 is 5.32 Å². The average Bonchev–Trinajstić information content (AvgIpc) is 2.65. The SMILES string of the molecule is C[C@H](CNC(=O)[C@@]1(C)CC1(Cl)Cl)CC1(C)OCCO1. The molecule has 1 saturated heterocycles. The molecule has 0 aromatic rings. The van der Waals surface area contributed by atoms with E-state index in [1.165, 1.54) is 0 Å². The lowest BCUT2D eigenvalue weighted by Crippen LogP contribution is -2.38. The van der Waals surface area contributed by atoms with Crippen LogP contribution in [0.1, 0.15) is 33.6 Å². The second-order valence-electron chi connectivity index (χ2n) is 6.06. The fourth-order valence-electron chi connectivity index (χ4n) is 2.49. The molecule has 1 heterocycles. The molecule has 0 unspecified atom stereocenters. The molecule has 2 aliphatic rings. The minimum Gasteiger partial charge on any atom is -0.355 e. The van der Waals surface area contributed by atoms with Gasteiger partial charge >= 0.3 is 0 Å². The maximum absolute atomic E-state index is 12.0. The van der Waals surface area contributed by atoms with Crippen LogP contribution in [0.2, 0.25) is 0 Å². The summed E-state index contributed by atoms with van der Waals surface area (Å²) < 4.78 is 10.2. The van der Waals surface area contributed by atoms with E-state index < -0.39 is 15.5 Å². The Morgan fingerprint density at radius 1 is 1.32 bits per heavy atom. The lowest BCUT2D eigenvalue weighted by atomic mass is 10.0. The highest BCUT2D eigenvalue weighted by atomic mass is 35.5. The highest BCUT2D eigenvalue weighted by Crippen LogP contribution is 2.63. The third kappa shape index (κ3) is 3.18. The van der Waals surface area contributed by atoms with E-state index in [0.717, 1.165) is 6.42 Å². The molecule has 0 spiro atoms. The highest BCUT2D eigenvalue weighted by Gasteiger charge is 2.67. The number of halogens is 2. The van der Waals surface area contributed by atoms with Gasteiger partial charge in [-0.3, -0.25) is 4.79 Å². The van der Waals surface area contributed by atoms with E-state index in [0.29, 0.717) is 26.2 Å². The summed E-state index contributed by atoms with van der Waals surface area (Å²) in [6, 6.07) is 0. The first-order chi connectivity index (χ1) is 8.69. The van der Waals surface area contributed by atoms with Gasteiger partial charge in [0.1, 0.15) is 4.33 Å². The summed E-state index contributed by atoms with van der Waals surface area (Å²) in [6.07, 6.45) is 1.25. The summed E-state index contributed by atoms with van der Waals surface area (Å²) in [5.41, 5.74) is -0.653. The van der Waals surface area contributed by atoms with E-state index in [1.54, 1.807) is 6.92 Å². The molecule has 1 aliphatic carbocycles. The van der Waals surface area contributed by atoms with Crippen molar-refractivity contribution in [1.82, 2.24) is 5.32 Å². The molecule has 0 aromatic carbocycles. The van der Waals surface area contributed by atoms with E-state index >= 15 is 0 Å². The van der Waals surface area contributed by atoms with Crippen LogP contribution in [0.3, 0.4) is 0 Å². The molecule has 4 nitrogen and oxygen atoms in total. The van der Waals surface area contributed by atoms with Crippen LogP contribution in [0.15, 0.2) is 0 Å². The number of alkyl halides is 2. The predicted octanol–water partition coefficient (Wildman–Crippen LogP) is 2.48. The first kappa shape index (κ1) is 15.4. The first-order valence-corrected chi connectivity index (χ1v) is 7.38. The molecule has 2 fully saturated rings. The minimum absolute atomic E-state index is 0.0808. The van der Waals surface area contributed by atoms with Crippen LogP contribution in [0.4, 0.5) is 0 Å². The topological polar surface area (TPSA) is 47.6 Å². The average molecular weight is 310 g/mol. The van der Waals surface area contributed by atoms with Crippen molar-refractivity contribution in [2.24, 2.45) is 11.3 Å². The Morgan fingerprint density at radius 2 is 1.84 bits per heavy atom. The minimum atomic E-state index is -0.913. The standard InChI is InChI=1S/C13H21Cl2NO3/c1-9(6-12(3)18-4-5-19-12)7-16-10(17)11(2)8-13(11,14)15/h9H,4-8H2,1-3H3,(H,16,17)/t9-,11+/m0/s1. The third-order valence-electron chi connectivity index (χ3n) is 3.99. The number of amides is 1. The van der Waals surface area contributed by atoms with E-state index in [1.807, 2.05) is 6.92 Å². The number of nitrogens with one attached hydrogen (secondary N) is 1. The van der Waals surface area contributed by atoms with Gasteiger partial charge < -0.3 is 14.8 Å². The summed E-state index contributed by atoms with van der Waals surface area (Å²) >= 11 is 12.0. The van der Waals surface area contributed by atoms with E-state index in [2.05, 4.69) is 12.2 Å². The lowest BCUT2D eigenvalue weighted by molar-refractivity contribution is -0.154. The first-order valence-electron chi connectivity index (χ1n) is 6.63. The molecule has 19 heavy (non-hydrogen) atoms. The van der Waals surface area contributed by atoms with Gasteiger partial charge in [-0.25, -0.2) is 0 Å². The van der Waals surface area contributed by atoms with Gasteiger partial charge in [-0.15, -0.1) is 23.2 Å². The Morgan fingerprint density at radius 3 is 2.32 bits per heavy atom. The predicted molar refractivity (Wildman–Crippen MR) is 74.3 cm³/mol. The monoisotopic (exact) mass is 309 g/mol. The molecule has 0 radical (unpaired) electrons. The van der Waals surface area contributed by atoms with Crippen molar-refractivity contribution in [3.05, 3.63) is 0 Å². The zero-order valence-electron chi connectivity index (χ0n) is 11.6. The molecular weight excluding hydrogens is 289 g/mol. The lowest BCUT2D eigenvalue weighted by Gasteiger charge is -2.26. The van der Waals surface area contributed by atoms with Gasteiger partial charge in [-0.2, -0.15) is 0 Å². The van der Waals surface area contributed by atoms with Gasteiger partial charge in [0.25, 0.3) is 0 Å². The largest absolute Gasteiger partial charge is 0.355 e. The molecule has 2 atom stereocenters. The molecule has 0 aromatic heterocycles. The number of rotatable bonds is 5. The third-order valence-corrected chi connectivity index (χ3v) is 5.09. The van der Waals surface area contributed by atoms with Gasteiger partial charge in [0, 0.05) is 13.0 Å². The van der Waals surface area contributed by atoms with Crippen LogP contribution in [0, 0.1) is 11.3 Å². The fraction of sp³-hybridized carbons (Fsp3) is 0.923. The second kappa shape index (κ2) is 5.06. The van der Waals surface area contributed by atoms with Gasteiger partial charge in [0.15, 0.2) is 5.79 Å². The number of hydrogen-bond donors (Lipinski definition) is 1. The number of carbonyl (C=O) groups is 1. The number of carbonyl (C=O) groups excluding carboxylic acids is 1. The Labute approximate surface area is 124 Å². The molecule has 6 heteroatoms. The zero-order chi connectivity index (χ0) is 14.3. The molecule has 0 bridgehead atoms. The van der Waals surface area contributed by atoms with Crippen LogP contribution in [0.5, 0.6) is 0 Å². The summed E-state index contributed by atoms with van der Waals surface area (Å²) in [5.74, 6) is -0.340. The zero-order valence-corrected chi connectivity index (χ0v) is 13.1. The summed E-state index contributed by atoms with van der Waals surface area (Å²) in [4.78, 5) is 12.0. The second-order valence-corrected chi connectivity index (χ2v) is 7.55. The van der Waals surface area contributed by atoms with Crippen LogP contribution >= 0.6 is 23.2 Å². The molecule has 110 valence electrons. The highest BCUT2D eigenvalue weighted by molar-refractivity contribution is 6.53. The van der Waals surface area contributed by atoms with Gasteiger partial charge in [0.05, 0.1) is 18.6 Å². The van der Waals surface area contributed by atoms with Crippen molar-refractivity contribution in [1.29, 1.82) is 0 Å². The van der Waals surface area contributed by atoms with Crippen molar-refractivity contribution in [2.45, 2.75) is 43.7 Å². The van der Waals surface area contributed by atoms with Crippen molar-refractivity contribution in [2.75, 3.05) is 19.8 Å². The van der Waals surface area contributed by atoms with Crippen molar-refractivity contribution >= 4 is 29.1 Å². The molecule has 1 saturated carbocycles. The molecular formula is C13H21Cl2NO3. The molecule has 1 aliphatic heterocycles. The normalized spacial score (nSPS) is 32.9. The van der Waals surface area contributed by atoms with Crippen LogP contribution in [-0.2, 0) is 14.3 Å². The maximum atomic E-state index is 12.0. The summed E-state index contributed by atoms with van der Waals surface area (Å²) in [6.45, 7) is 7.62. The van der Waals surface area contributed by atoms with E-state index in [9.17, 15) is 4.79 Å². The molecule has 2 rings (SSSR count). The molecule has 1 amide bonds. The van der Waals surface area contributed by atoms with Crippen molar-refractivity contribution in [3.63, 3.8) is 0 Å². The Bertz CT molecular complexity index is 369. The quantitative estimate of drug-likeness (QED) is 0.794. The maximum Gasteiger partial charge on any atom is 0.229 e. The van der Waals surface area contributed by atoms with Crippen LogP contribution in [0.25, 0.3) is 0 Å². The van der Waals surface area contributed by atoms with E-state index in [4.69, 9.17) is 32.7 Å². The summed E-state index contributed by atoms with van der Waals surface area (Å²) in [5, 5.41) is 2.91. The number of ether oxygens (including phenoxy) is 2. The molecule has 1 N–H and O–H groups in total. The van der Waals surface area contributed by atoms with Gasteiger partial charge in [0.2, 0.25) is 5.91 Å². The van der Waals surface area contributed by atoms with Crippen LogP contribution in [-0.4, -0.2) is 35.8 Å². The number of hydrogen-bond acceptors (Lipinski definition) is 3. The summed E-state index contributed by atoms with van der Waals surface area (Å²) in [7, 11) is 0. The fourth-order valence-corrected chi connectivity index (χ4v) is 3.19. The Kier molecular flexibility index (Phi) is 4.09. The smallest absolute Gasteiger partial charge is 0.229 e. The van der Waals surface area contributed by atoms with E-state index in [-0.39, 0.29) is 11.8 Å². The van der Waals surface area contributed by atoms with Crippen molar-refractivity contribution < 1.29 is 14.3 Å².